The molecule has 0 aliphatic carbocycles. The smallest absolute Gasteiger partial charge is 0.233 e. The van der Waals surface area contributed by atoms with Crippen LogP contribution in [0.15, 0.2) is 71.6 Å². The van der Waals surface area contributed by atoms with Crippen molar-refractivity contribution in [1.82, 2.24) is 9.88 Å². The third kappa shape index (κ3) is 5.49. The minimum Gasteiger partial charge on any atom is -0.467 e. The standard InChI is InChI=1S/C21H22N2O2S/c1-17-5-2-6-18(11-17)15-26-16-21(24)23(14-20-8-4-10-25-20)13-19-7-3-9-22-12-19/h2-12H,13-16H2,1H3. The van der Waals surface area contributed by atoms with Crippen molar-refractivity contribution in [1.29, 1.82) is 0 Å². The van der Waals surface area contributed by atoms with Gasteiger partial charge in [0.15, 0.2) is 0 Å². The fourth-order valence-corrected chi connectivity index (χ4v) is 3.56. The molecule has 0 radical (unpaired) electrons. The zero-order valence-corrected chi connectivity index (χ0v) is 15.6. The van der Waals surface area contributed by atoms with Gasteiger partial charge in [0.05, 0.1) is 18.6 Å². The summed E-state index contributed by atoms with van der Waals surface area (Å²) in [6.45, 7) is 3.07. The first kappa shape index (κ1) is 18.3. The summed E-state index contributed by atoms with van der Waals surface area (Å²) in [6.07, 6.45) is 5.16. The summed E-state index contributed by atoms with van der Waals surface area (Å²) >= 11 is 1.64. The predicted molar refractivity (Wildman–Crippen MR) is 105 cm³/mol. The van der Waals surface area contributed by atoms with Crippen LogP contribution < -0.4 is 0 Å². The number of carbonyl (C=O) groups excluding carboxylic acids is 1. The number of aromatic nitrogens is 1. The Labute approximate surface area is 158 Å². The molecule has 134 valence electrons. The first-order chi connectivity index (χ1) is 12.7. The molecule has 26 heavy (non-hydrogen) atoms. The van der Waals surface area contributed by atoms with E-state index < -0.39 is 0 Å². The fraction of sp³-hybridized carbons (Fsp3) is 0.238. The van der Waals surface area contributed by atoms with Gasteiger partial charge in [-0.25, -0.2) is 0 Å². The third-order valence-electron chi connectivity index (χ3n) is 3.95. The van der Waals surface area contributed by atoms with Crippen LogP contribution in [0, 0.1) is 6.92 Å². The molecule has 2 aromatic heterocycles. The third-order valence-corrected chi connectivity index (χ3v) is 4.94. The van der Waals surface area contributed by atoms with E-state index in [1.807, 2.05) is 29.2 Å². The first-order valence-corrected chi connectivity index (χ1v) is 9.68. The fourth-order valence-electron chi connectivity index (χ4n) is 2.68. The minimum atomic E-state index is 0.0999. The maximum Gasteiger partial charge on any atom is 0.233 e. The number of aryl methyl sites for hydroxylation is 1. The Morgan fingerprint density at radius 1 is 1.12 bits per heavy atom. The molecule has 3 rings (SSSR count). The topological polar surface area (TPSA) is 46.3 Å². The molecule has 0 saturated carbocycles. The SMILES string of the molecule is Cc1cccc(CSCC(=O)N(Cc2cccnc2)Cc2ccco2)c1. The number of hydrogen-bond acceptors (Lipinski definition) is 4. The molecule has 0 bridgehead atoms. The van der Waals surface area contributed by atoms with Gasteiger partial charge in [0, 0.05) is 24.7 Å². The predicted octanol–water partition coefficient (Wildman–Crippen LogP) is 4.45. The summed E-state index contributed by atoms with van der Waals surface area (Å²) in [5.41, 5.74) is 3.49. The van der Waals surface area contributed by atoms with E-state index in [1.165, 1.54) is 11.1 Å². The molecule has 0 fully saturated rings. The number of hydrogen-bond donors (Lipinski definition) is 0. The average Bonchev–Trinajstić information content (AvgIpc) is 3.15. The van der Waals surface area contributed by atoms with Gasteiger partial charge < -0.3 is 9.32 Å². The molecule has 0 saturated heterocycles. The van der Waals surface area contributed by atoms with Crippen LogP contribution in [0.2, 0.25) is 0 Å². The largest absolute Gasteiger partial charge is 0.467 e. The van der Waals surface area contributed by atoms with Gasteiger partial charge in [-0.1, -0.05) is 35.9 Å². The summed E-state index contributed by atoms with van der Waals surface area (Å²) in [5.74, 6) is 2.15. The van der Waals surface area contributed by atoms with Crippen LogP contribution in [0.25, 0.3) is 0 Å². The lowest BCUT2D eigenvalue weighted by molar-refractivity contribution is -0.129. The Morgan fingerprint density at radius 2 is 2.00 bits per heavy atom. The Kier molecular flexibility index (Phi) is 6.50. The van der Waals surface area contributed by atoms with Crippen molar-refractivity contribution in [2.45, 2.75) is 25.8 Å². The van der Waals surface area contributed by atoms with Crippen molar-refractivity contribution in [3.8, 4) is 0 Å². The summed E-state index contributed by atoms with van der Waals surface area (Å²) in [5, 5.41) is 0. The van der Waals surface area contributed by atoms with E-state index in [0.29, 0.717) is 18.8 Å². The lowest BCUT2D eigenvalue weighted by atomic mass is 10.2. The molecule has 2 heterocycles. The number of benzene rings is 1. The van der Waals surface area contributed by atoms with E-state index in [-0.39, 0.29) is 5.91 Å². The van der Waals surface area contributed by atoms with Crippen LogP contribution in [-0.4, -0.2) is 21.5 Å². The molecule has 0 spiro atoms. The molecule has 0 aliphatic rings. The first-order valence-electron chi connectivity index (χ1n) is 8.53. The molecule has 3 aromatic rings. The van der Waals surface area contributed by atoms with E-state index in [1.54, 1.807) is 30.4 Å². The lowest BCUT2D eigenvalue weighted by Gasteiger charge is -2.21. The molecule has 0 unspecified atom stereocenters. The zero-order chi connectivity index (χ0) is 18.2. The highest BCUT2D eigenvalue weighted by Crippen LogP contribution is 2.16. The van der Waals surface area contributed by atoms with Gasteiger partial charge in [-0.2, -0.15) is 0 Å². The Morgan fingerprint density at radius 3 is 2.73 bits per heavy atom. The van der Waals surface area contributed by atoms with E-state index >= 15 is 0 Å². The van der Waals surface area contributed by atoms with Crippen molar-refractivity contribution in [3.63, 3.8) is 0 Å². The van der Waals surface area contributed by atoms with Gasteiger partial charge in [0.2, 0.25) is 5.91 Å². The number of amides is 1. The van der Waals surface area contributed by atoms with Gasteiger partial charge >= 0.3 is 0 Å². The molecule has 0 aliphatic heterocycles. The summed E-state index contributed by atoms with van der Waals surface area (Å²) < 4.78 is 5.42. The number of furan rings is 1. The highest BCUT2D eigenvalue weighted by atomic mass is 32.2. The van der Waals surface area contributed by atoms with Crippen LogP contribution in [-0.2, 0) is 23.6 Å². The second-order valence-electron chi connectivity index (χ2n) is 6.17. The van der Waals surface area contributed by atoms with Crippen molar-refractivity contribution >= 4 is 17.7 Å². The molecule has 1 amide bonds. The van der Waals surface area contributed by atoms with Crippen LogP contribution >= 0.6 is 11.8 Å². The van der Waals surface area contributed by atoms with Crippen LogP contribution in [0.3, 0.4) is 0 Å². The summed E-state index contributed by atoms with van der Waals surface area (Å²) in [7, 11) is 0. The molecule has 1 aromatic carbocycles. The molecule has 5 heteroatoms. The monoisotopic (exact) mass is 366 g/mol. The van der Waals surface area contributed by atoms with Crippen molar-refractivity contribution < 1.29 is 9.21 Å². The average molecular weight is 366 g/mol. The van der Waals surface area contributed by atoms with E-state index in [9.17, 15) is 4.79 Å². The number of thioether (sulfide) groups is 1. The maximum absolute atomic E-state index is 12.8. The maximum atomic E-state index is 12.8. The van der Waals surface area contributed by atoms with Crippen LogP contribution in [0.4, 0.5) is 0 Å². The molecule has 4 nitrogen and oxygen atoms in total. The number of pyridine rings is 1. The minimum absolute atomic E-state index is 0.0999. The van der Waals surface area contributed by atoms with Gasteiger partial charge in [-0.3, -0.25) is 9.78 Å². The van der Waals surface area contributed by atoms with E-state index in [2.05, 4.69) is 36.2 Å². The summed E-state index contributed by atoms with van der Waals surface area (Å²) in [4.78, 5) is 18.7. The van der Waals surface area contributed by atoms with Gasteiger partial charge in [0.1, 0.15) is 5.76 Å². The Bertz CT molecular complexity index is 819. The lowest BCUT2D eigenvalue weighted by Crippen LogP contribution is -2.31. The highest BCUT2D eigenvalue weighted by Gasteiger charge is 2.16. The Balaban J connectivity index is 1.60. The van der Waals surface area contributed by atoms with Crippen molar-refractivity contribution in [3.05, 3.63) is 89.6 Å². The molecular formula is C21H22N2O2S. The van der Waals surface area contributed by atoms with E-state index in [4.69, 9.17) is 4.42 Å². The molecule has 0 N–H and O–H groups in total. The van der Waals surface area contributed by atoms with Crippen LogP contribution in [0.5, 0.6) is 0 Å². The van der Waals surface area contributed by atoms with Gasteiger partial charge in [-0.15, -0.1) is 11.8 Å². The van der Waals surface area contributed by atoms with Crippen molar-refractivity contribution in [2.24, 2.45) is 0 Å². The molecular weight excluding hydrogens is 344 g/mol. The van der Waals surface area contributed by atoms with Crippen LogP contribution in [0.1, 0.15) is 22.5 Å². The molecule has 0 atom stereocenters. The van der Waals surface area contributed by atoms with E-state index in [0.717, 1.165) is 17.1 Å². The van der Waals surface area contributed by atoms with Gasteiger partial charge in [0.25, 0.3) is 0 Å². The normalized spacial score (nSPS) is 10.7. The van der Waals surface area contributed by atoms with Crippen molar-refractivity contribution in [2.75, 3.05) is 5.75 Å². The van der Waals surface area contributed by atoms with Gasteiger partial charge in [-0.05, 0) is 36.2 Å². The number of carbonyl (C=O) groups is 1. The second-order valence-corrected chi connectivity index (χ2v) is 7.16. The summed E-state index contributed by atoms with van der Waals surface area (Å²) in [6, 6.07) is 16.0. The number of rotatable bonds is 8. The quantitative estimate of drug-likeness (QED) is 0.591. The second kappa shape index (κ2) is 9.25. The highest BCUT2D eigenvalue weighted by molar-refractivity contribution is 7.99. The Hall–Kier alpha value is -2.53. The zero-order valence-electron chi connectivity index (χ0n) is 14.8. The number of nitrogens with zero attached hydrogens (tertiary/aromatic N) is 2.